The van der Waals surface area contributed by atoms with Gasteiger partial charge in [-0.1, -0.05) is 30.3 Å². The molecule has 0 radical (unpaired) electrons. The van der Waals surface area contributed by atoms with E-state index in [2.05, 4.69) is 5.32 Å². The van der Waals surface area contributed by atoms with Crippen LogP contribution in [0.15, 0.2) is 54.6 Å². The van der Waals surface area contributed by atoms with Gasteiger partial charge < -0.3 is 20.1 Å². The van der Waals surface area contributed by atoms with Crippen LogP contribution in [0.25, 0.3) is 10.8 Å². The number of carbonyl (C=O) groups is 2. The Morgan fingerprint density at radius 1 is 1.15 bits per heavy atom. The highest BCUT2D eigenvalue weighted by Crippen LogP contribution is 2.33. The van der Waals surface area contributed by atoms with Gasteiger partial charge in [0.05, 0.1) is 12.2 Å². The summed E-state index contributed by atoms with van der Waals surface area (Å²) < 4.78 is 5.27. The third-order valence-electron chi connectivity index (χ3n) is 4.51. The average molecular weight is 362 g/mol. The Morgan fingerprint density at radius 2 is 1.93 bits per heavy atom. The van der Waals surface area contributed by atoms with E-state index >= 15 is 0 Å². The number of phenolic OH excluding ortho intramolecular Hbond substituents is 1. The molecule has 4 rings (SSSR count). The van der Waals surface area contributed by atoms with E-state index in [1.54, 1.807) is 41.3 Å². The summed E-state index contributed by atoms with van der Waals surface area (Å²) in [6.07, 6.45) is 0. The van der Waals surface area contributed by atoms with Gasteiger partial charge in [-0.3, -0.25) is 4.79 Å². The zero-order chi connectivity index (χ0) is 19.0. The van der Waals surface area contributed by atoms with Gasteiger partial charge in [-0.25, -0.2) is 4.79 Å². The number of hydrogen-bond acceptors (Lipinski definition) is 5. The number of rotatable bonds is 3. The summed E-state index contributed by atoms with van der Waals surface area (Å²) in [5.74, 6) is -0.0242. The number of anilines is 2. The normalized spacial score (nSPS) is 13.2. The van der Waals surface area contributed by atoms with Crippen LogP contribution in [-0.4, -0.2) is 30.1 Å². The number of nitrogens with one attached hydrogen (secondary N) is 1. The summed E-state index contributed by atoms with van der Waals surface area (Å²) in [7, 11) is 0. The molecule has 0 atom stereocenters. The smallest absolute Gasteiger partial charge is 0.331 e. The summed E-state index contributed by atoms with van der Waals surface area (Å²) in [6, 6.07) is 16.1. The van der Waals surface area contributed by atoms with Gasteiger partial charge in [0.1, 0.15) is 12.3 Å². The van der Waals surface area contributed by atoms with Gasteiger partial charge in [0.25, 0.3) is 0 Å². The maximum Gasteiger partial charge on any atom is 0.331 e. The molecule has 1 aliphatic rings. The van der Waals surface area contributed by atoms with Crippen LogP contribution in [-0.2, 0) is 9.59 Å². The number of aryl methyl sites for hydroxylation is 1. The van der Waals surface area contributed by atoms with Crippen molar-refractivity contribution in [2.24, 2.45) is 0 Å². The van der Waals surface area contributed by atoms with Crippen molar-refractivity contribution < 1.29 is 19.4 Å². The molecule has 3 aromatic rings. The molecule has 0 aromatic heterocycles. The first-order valence-corrected chi connectivity index (χ1v) is 8.58. The molecule has 1 heterocycles. The van der Waals surface area contributed by atoms with Gasteiger partial charge in [-0.05, 0) is 36.8 Å². The third kappa shape index (κ3) is 3.29. The van der Waals surface area contributed by atoms with Crippen molar-refractivity contribution in [3.8, 4) is 11.5 Å². The molecule has 0 bridgehead atoms. The highest BCUT2D eigenvalue weighted by atomic mass is 16.5. The van der Waals surface area contributed by atoms with Crippen LogP contribution in [0.2, 0.25) is 0 Å². The number of ether oxygens (including phenoxy) is 1. The van der Waals surface area contributed by atoms with Crippen LogP contribution < -0.4 is 15.0 Å². The molecule has 6 nitrogen and oxygen atoms in total. The van der Waals surface area contributed by atoms with Crippen molar-refractivity contribution in [1.82, 2.24) is 0 Å². The number of fused-ring (bicyclic) bond motifs is 2. The number of nitrogens with zero attached hydrogens (tertiary/aromatic N) is 1. The van der Waals surface area contributed by atoms with E-state index in [-0.39, 0.29) is 24.7 Å². The molecule has 6 heteroatoms. The molecule has 27 heavy (non-hydrogen) atoms. The van der Waals surface area contributed by atoms with Crippen LogP contribution in [0.5, 0.6) is 11.5 Å². The van der Waals surface area contributed by atoms with Gasteiger partial charge in [0.2, 0.25) is 5.91 Å². The number of aromatic hydroxyl groups is 1. The number of esters is 1. The average Bonchev–Trinajstić information content (AvgIpc) is 2.62. The fourth-order valence-electron chi connectivity index (χ4n) is 3.27. The summed E-state index contributed by atoms with van der Waals surface area (Å²) >= 11 is 0. The van der Waals surface area contributed by atoms with E-state index in [4.69, 9.17) is 4.74 Å². The molecular weight excluding hydrogens is 344 g/mol. The van der Waals surface area contributed by atoms with E-state index < -0.39 is 5.97 Å². The van der Waals surface area contributed by atoms with Crippen molar-refractivity contribution in [2.75, 3.05) is 23.3 Å². The topological polar surface area (TPSA) is 78.9 Å². The molecule has 0 spiro atoms. The van der Waals surface area contributed by atoms with Crippen molar-refractivity contribution in [3.63, 3.8) is 0 Å². The first-order valence-electron chi connectivity index (χ1n) is 8.58. The van der Waals surface area contributed by atoms with Crippen LogP contribution in [0, 0.1) is 6.92 Å². The van der Waals surface area contributed by atoms with E-state index in [0.29, 0.717) is 22.5 Å². The van der Waals surface area contributed by atoms with E-state index in [0.717, 1.165) is 10.9 Å². The summed E-state index contributed by atoms with van der Waals surface area (Å²) in [4.78, 5) is 26.2. The summed E-state index contributed by atoms with van der Waals surface area (Å²) in [5.41, 5.74) is 2.30. The minimum atomic E-state index is -0.393. The van der Waals surface area contributed by atoms with E-state index in [9.17, 15) is 14.7 Å². The number of hydrogen-bond donors (Lipinski definition) is 2. The predicted molar refractivity (Wildman–Crippen MR) is 103 cm³/mol. The van der Waals surface area contributed by atoms with Crippen molar-refractivity contribution >= 4 is 34.0 Å². The molecule has 2 N–H and O–H groups in total. The molecule has 1 amide bonds. The van der Waals surface area contributed by atoms with Crippen molar-refractivity contribution in [3.05, 3.63) is 60.2 Å². The Kier molecular flexibility index (Phi) is 4.16. The number of phenols is 1. The minimum Gasteiger partial charge on any atom is -0.507 e. The maximum atomic E-state index is 12.6. The number of carbonyl (C=O) groups excluding carboxylic acids is 2. The second-order valence-electron chi connectivity index (χ2n) is 6.53. The van der Waals surface area contributed by atoms with E-state index in [1.807, 2.05) is 25.1 Å². The Balaban J connectivity index is 1.58. The molecule has 0 unspecified atom stereocenters. The maximum absolute atomic E-state index is 12.6. The Hall–Kier alpha value is -3.54. The minimum absolute atomic E-state index is 0.0137. The first kappa shape index (κ1) is 16.9. The monoisotopic (exact) mass is 362 g/mol. The van der Waals surface area contributed by atoms with Gasteiger partial charge in [-0.15, -0.1) is 0 Å². The third-order valence-corrected chi connectivity index (χ3v) is 4.51. The molecule has 136 valence electrons. The number of amides is 1. The van der Waals surface area contributed by atoms with Crippen molar-refractivity contribution in [1.29, 1.82) is 0 Å². The largest absolute Gasteiger partial charge is 0.507 e. The standard InChI is InChI=1S/C21H18N2O4/c1-13-8-9-17-19(10-13)27-21(26)12-23(17)11-20(25)22-16-6-2-5-15-14(16)4-3-7-18(15)24/h2-10,24H,11-12H2,1H3,(H,22,25). The van der Waals surface area contributed by atoms with Crippen LogP contribution in [0.3, 0.4) is 0 Å². The second-order valence-corrected chi connectivity index (χ2v) is 6.53. The first-order chi connectivity index (χ1) is 13.0. The Morgan fingerprint density at radius 3 is 2.78 bits per heavy atom. The van der Waals surface area contributed by atoms with E-state index in [1.165, 1.54) is 0 Å². The number of benzene rings is 3. The zero-order valence-electron chi connectivity index (χ0n) is 14.7. The lowest BCUT2D eigenvalue weighted by molar-refractivity contribution is -0.133. The van der Waals surface area contributed by atoms with Gasteiger partial charge in [-0.2, -0.15) is 0 Å². The molecule has 0 aliphatic carbocycles. The molecule has 0 saturated carbocycles. The molecular formula is C21H18N2O4. The lowest BCUT2D eigenvalue weighted by atomic mass is 10.1. The molecule has 0 saturated heterocycles. The Labute approximate surface area is 156 Å². The van der Waals surface area contributed by atoms with Crippen LogP contribution in [0.1, 0.15) is 5.56 Å². The van der Waals surface area contributed by atoms with Gasteiger partial charge in [0, 0.05) is 16.5 Å². The Bertz CT molecular complexity index is 1060. The SMILES string of the molecule is Cc1ccc2c(c1)OC(=O)CN2CC(=O)Nc1cccc2c(O)cccc12. The quantitative estimate of drug-likeness (QED) is 0.552. The second kappa shape index (κ2) is 6.64. The summed E-state index contributed by atoms with van der Waals surface area (Å²) in [5, 5.41) is 14.3. The van der Waals surface area contributed by atoms with Gasteiger partial charge in [0.15, 0.2) is 5.75 Å². The fraction of sp³-hybridized carbons (Fsp3) is 0.143. The lowest BCUT2D eigenvalue weighted by Gasteiger charge is -2.29. The highest BCUT2D eigenvalue weighted by Gasteiger charge is 2.25. The highest BCUT2D eigenvalue weighted by molar-refractivity contribution is 6.05. The molecule has 3 aromatic carbocycles. The van der Waals surface area contributed by atoms with Crippen LogP contribution >= 0.6 is 0 Å². The zero-order valence-corrected chi connectivity index (χ0v) is 14.7. The molecule has 1 aliphatic heterocycles. The van der Waals surface area contributed by atoms with Crippen molar-refractivity contribution in [2.45, 2.75) is 6.92 Å². The predicted octanol–water partition coefficient (Wildman–Crippen LogP) is 3.22. The lowest BCUT2D eigenvalue weighted by Crippen LogP contribution is -2.41. The molecule has 0 fully saturated rings. The summed E-state index contributed by atoms with van der Waals surface area (Å²) in [6.45, 7) is 1.94. The van der Waals surface area contributed by atoms with Crippen LogP contribution in [0.4, 0.5) is 11.4 Å². The van der Waals surface area contributed by atoms with Gasteiger partial charge >= 0.3 is 5.97 Å². The fourth-order valence-corrected chi connectivity index (χ4v) is 3.27.